The fourth-order valence-corrected chi connectivity index (χ4v) is 3.81. The van der Waals surface area contributed by atoms with Gasteiger partial charge in [0.15, 0.2) is 11.3 Å². The average Bonchev–Trinajstić information content (AvgIpc) is 3.13. The maximum atomic E-state index is 14.0. The second-order valence-corrected chi connectivity index (χ2v) is 7.76. The van der Waals surface area contributed by atoms with Crippen LogP contribution in [0.5, 0.6) is 0 Å². The largest absolute Gasteiger partial charge is 0.433 e. The molecule has 0 atom stereocenters. The van der Waals surface area contributed by atoms with E-state index in [-0.39, 0.29) is 22.9 Å². The van der Waals surface area contributed by atoms with Gasteiger partial charge in [-0.3, -0.25) is 9.69 Å². The fourth-order valence-electron chi connectivity index (χ4n) is 3.58. The predicted octanol–water partition coefficient (Wildman–Crippen LogP) is 3.81. The second kappa shape index (κ2) is 8.08. The summed E-state index contributed by atoms with van der Waals surface area (Å²) in [5.74, 6) is -0.862. The van der Waals surface area contributed by atoms with E-state index in [9.17, 15) is 22.4 Å². The zero-order chi connectivity index (χ0) is 22.3. The number of carbonyl (C=O) groups excluding carboxylic acids is 1. The van der Waals surface area contributed by atoms with Crippen molar-refractivity contribution in [3.05, 3.63) is 63.8 Å². The van der Waals surface area contributed by atoms with Gasteiger partial charge in [-0.15, -0.1) is 0 Å². The van der Waals surface area contributed by atoms with Crippen LogP contribution in [0, 0.1) is 12.7 Å². The molecule has 1 aliphatic rings. The Labute approximate surface area is 180 Å². The summed E-state index contributed by atoms with van der Waals surface area (Å²) >= 11 is 6.07. The SMILES string of the molecule is Cc1cc(C(F)(F)F)n2nc(C(=O)N3CCN(Cc4c(F)cccc4Cl)CC3)cc2n1. The molecule has 1 amide bonds. The molecule has 0 bridgehead atoms. The molecule has 3 aromatic rings. The Balaban J connectivity index is 1.48. The van der Waals surface area contributed by atoms with Gasteiger partial charge in [0, 0.05) is 55.1 Å². The third-order valence-electron chi connectivity index (χ3n) is 5.17. The van der Waals surface area contributed by atoms with Crippen LogP contribution in [0.1, 0.15) is 27.4 Å². The first-order valence-corrected chi connectivity index (χ1v) is 9.90. The van der Waals surface area contributed by atoms with E-state index in [1.807, 2.05) is 4.90 Å². The number of fused-ring (bicyclic) bond motifs is 1. The third kappa shape index (κ3) is 4.35. The first kappa shape index (κ1) is 21.5. The van der Waals surface area contributed by atoms with E-state index in [2.05, 4.69) is 10.1 Å². The summed E-state index contributed by atoms with van der Waals surface area (Å²) in [7, 11) is 0. The summed E-state index contributed by atoms with van der Waals surface area (Å²) in [6.45, 7) is 3.35. The Bertz CT molecular complexity index is 1120. The third-order valence-corrected chi connectivity index (χ3v) is 5.52. The number of carbonyl (C=O) groups is 1. The van der Waals surface area contributed by atoms with Crippen LogP contribution >= 0.6 is 11.6 Å². The molecule has 11 heteroatoms. The van der Waals surface area contributed by atoms with Crippen molar-refractivity contribution in [1.82, 2.24) is 24.4 Å². The van der Waals surface area contributed by atoms with E-state index in [1.54, 1.807) is 6.07 Å². The van der Waals surface area contributed by atoms with Crippen LogP contribution < -0.4 is 0 Å². The first-order valence-electron chi connectivity index (χ1n) is 9.52. The van der Waals surface area contributed by atoms with Crippen molar-refractivity contribution >= 4 is 23.2 Å². The van der Waals surface area contributed by atoms with Gasteiger partial charge in [0.25, 0.3) is 5.91 Å². The lowest BCUT2D eigenvalue weighted by Gasteiger charge is -2.34. The molecule has 3 heterocycles. The number of hydrogen-bond acceptors (Lipinski definition) is 4. The molecular weight excluding hydrogens is 438 g/mol. The summed E-state index contributed by atoms with van der Waals surface area (Å²) in [5, 5.41) is 4.21. The van der Waals surface area contributed by atoms with Crippen molar-refractivity contribution < 1.29 is 22.4 Å². The Kier molecular flexibility index (Phi) is 5.61. The summed E-state index contributed by atoms with van der Waals surface area (Å²) in [4.78, 5) is 20.4. The lowest BCUT2D eigenvalue weighted by molar-refractivity contribution is -0.142. The van der Waals surface area contributed by atoms with Gasteiger partial charge in [-0.25, -0.2) is 13.9 Å². The highest BCUT2D eigenvalue weighted by Gasteiger charge is 2.35. The number of benzene rings is 1. The molecule has 0 N–H and O–H groups in total. The molecule has 1 saturated heterocycles. The summed E-state index contributed by atoms with van der Waals surface area (Å²) in [6.07, 6.45) is -4.63. The zero-order valence-corrected chi connectivity index (χ0v) is 17.2. The molecule has 2 aromatic heterocycles. The molecule has 1 fully saturated rings. The maximum absolute atomic E-state index is 14.0. The van der Waals surface area contributed by atoms with Gasteiger partial charge in [0.1, 0.15) is 11.5 Å². The number of aryl methyl sites for hydroxylation is 1. The number of alkyl halides is 3. The molecule has 0 spiro atoms. The van der Waals surface area contributed by atoms with Gasteiger partial charge in [-0.2, -0.15) is 18.3 Å². The van der Waals surface area contributed by atoms with E-state index in [0.717, 1.165) is 6.07 Å². The van der Waals surface area contributed by atoms with Crippen molar-refractivity contribution in [2.75, 3.05) is 26.2 Å². The second-order valence-electron chi connectivity index (χ2n) is 7.35. The topological polar surface area (TPSA) is 53.7 Å². The molecule has 1 aliphatic heterocycles. The maximum Gasteiger partial charge on any atom is 0.433 e. The molecule has 4 rings (SSSR count). The van der Waals surface area contributed by atoms with Gasteiger partial charge in [0.2, 0.25) is 0 Å². The average molecular weight is 456 g/mol. The zero-order valence-electron chi connectivity index (χ0n) is 16.5. The lowest BCUT2D eigenvalue weighted by atomic mass is 10.1. The molecule has 0 saturated carbocycles. The molecule has 164 valence electrons. The minimum atomic E-state index is -4.63. The number of aromatic nitrogens is 3. The highest BCUT2D eigenvalue weighted by atomic mass is 35.5. The number of amides is 1. The van der Waals surface area contributed by atoms with Crippen molar-refractivity contribution in [2.24, 2.45) is 0 Å². The van der Waals surface area contributed by atoms with E-state index in [4.69, 9.17) is 11.6 Å². The van der Waals surface area contributed by atoms with Crippen LogP contribution in [0.25, 0.3) is 5.65 Å². The van der Waals surface area contributed by atoms with Gasteiger partial charge in [0.05, 0.1) is 0 Å². The summed E-state index contributed by atoms with van der Waals surface area (Å²) < 4.78 is 54.6. The van der Waals surface area contributed by atoms with Gasteiger partial charge >= 0.3 is 6.18 Å². The minimum absolute atomic E-state index is 0.0384. The van der Waals surface area contributed by atoms with E-state index in [0.29, 0.717) is 47.8 Å². The number of nitrogens with zero attached hydrogens (tertiary/aromatic N) is 5. The van der Waals surface area contributed by atoms with E-state index < -0.39 is 17.8 Å². The van der Waals surface area contributed by atoms with Crippen LogP contribution in [0.15, 0.2) is 30.3 Å². The molecule has 0 aliphatic carbocycles. The molecule has 1 aromatic carbocycles. The number of halogens is 5. The minimum Gasteiger partial charge on any atom is -0.335 e. The summed E-state index contributed by atoms with van der Waals surface area (Å²) in [6, 6.07) is 6.65. The smallest absolute Gasteiger partial charge is 0.335 e. The van der Waals surface area contributed by atoms with Crippen LogP contribution in [0.3, 0.4) is 0 Å². The normalized spacial score (nSPS) is 15.6. The van der Waals surface area contributed by atoms with Gasteiger partial charge < -0.3 is 4.90 Å². The fraction of sp³-hybridized carbons (Fsp3) is 0.350. The standard InChI is InChI=1S/C20H18ClF4N5O/c1-12-9-17(20(23,24)25)30-18(26-12)10-16(27-30)19(31)29-7-5-28(6-8-29)11-13-14(21)3-2-4-15(13)22/h2-4,9-10H,5-8,11H2,1H3. The van der Waals surface area contributed by atoms with Crippen molar-refractivity contribution in [1.29, 1.82) is 0 Å². The number of rotatable bonds is 3. The number of hydrogen-bond donors (Lipinski definition) is 0. The highest BCUT2D eigenvalue weighted by Crippen LogP contribution is 2.30. The van der Waals surface area contributed by atoms with Gasteiger partial charge in [-0.05, 0) is 25.1 Å². The van der Waals surface area contributed by atoms with E-state index in [1.165, 1.54) is 30.0 Å². The molecule has 0 unspecified atom stereocenters. The Morgan fingerprint density at radius 1 is 1.16 bits per heavy atom. The number of piperazine rings is 1. The summed E-state index contributed by atoms with van der Waals surface area (Å²) in [5.41, 5.74) is -0.553. The quantitative estimate of drug-likeness (QED) is 0.564. The van der Waals surface area contributed by atoms with Crippen LogP contribution in [-0.4, -0.2) is 56.5 Å². The van der Waals surface area contributed by atoms with E-state index >= 15 is 0 Å². The highest BCUT2D eigenvalue weighted by molar-refractivity contribution is 6.31. The molecular formula is C20H18ClF4N5O. The van der Waals surface area contributed by atoms with Crippen LogP contribution in [-0.2, 0) is 12.7 Å². The van der Waals surface area contributed by atoms with Crippen molar-refractivity contribution in [2.45, 2.75) is 19.6 Å². The molecule has 6 nitrogen and oxygen atoms in total. The predicted molar refractivity (Wildman–Crippen MR) is 105 cm³/mol. The van der Waals surface area contributed by atoms with Crippen molar-refractivity contribution in [3.63, 3.8) is 0 Å². The Hall–Kier alpha value is -2.72. The lowest BCUT2D eigenvalue weighted by Crippen LogP contribution is -2.48. The Morgan fingerprint density at radius 3 is 2.52 bits per heavy atom. The first-order chi connectivity index (χ1) is 14.6. The van der Waals surface area contributed by atoms with Gasteiger partial charge in [-0.1, -0.05) is 17.7 Å². The van der Waals surface area contributed by atoms with Crippen LogP contribution in [0.2, 0.25) is 5.02 Å². The van der Waals surface area contributed by atoms with Crippen LogP contribution in [0.4, 0.5) is 17.6 Å². The molecule has 0 radical (unpaired) electrons. The Morgan fingerprint density at radius 2 is 1.87 bits per heavy atom. The monoisotopic (exact) mass is 455 g/mol. The van der Waals surface area contributed by atoms with Crippen molar-refractivity contribution in [3.8, 4) is 0 Å². The molecule has 31 heavy (non-hydrogen) atoms.